The SMILES string of the molecule is CCOC(=O)C[C@@H]1OCCC(=O)N(S(=O)(=O)c2ccc(C)cc2)c2ccccc2C1=O. The van der Waals surface area contributed by atoms with Gasteiger partial charge in [-0.1, -0.05) is 29.8 Å². The van der Waals surface area contributed by atoms with Crippen LogP contribution >= 0.6 is 0 Å². The van der Waals surface area contributed by atoms with Crippen molar-refractivity contribution in [1.29, 1.82) is 0 Å². The summed E-state index contributed by atoms with van der Waals surface area (Å²) in [4.78, 5) is 38.0. The predicted octanol–water partition coefficient (Wildman–Crippen LogP) is 2.64. The Morgan fingerprint density at radius 2 is 1.81 bits per heavy atom. The monoisotopic (exact) mass is 445 g/mol. The van der Waals surface area contributed by atoms with E-state index in [0.717, 1.165) is 5.56 Å². The first kappa shape index (κ1) is 22.6. The zero-order chi connectivity index (χ0) is 22.6. The van der Waals surface area contributed by atoms with Gasteiger partial charge in [0.15, 0.2) is 5.78 Å². The summed E-state index contributed by atoms with van der Waals surface area (Å²) in [6.07, 6.45) is -1.80. The molecule has 0 saturated carbocycles. The van der Waals surface area contributed by atoms with Gasteiger partial charge in [-0.3, -0.25) is 14.4 Å². The highest BCUT2D eigenvalue weighted by atomic mass is 32.2. The van der Waals surface area contributed by atoms with Crippen LogP contribution < -0.4 is 4.31 Å². The predicted molar refractivity (Wildman–Crippen MR) is 112 cm³/mol. The van der Waals surface area contributed by atoms with E-state index in [9.17, 15) is 22.8 Å². The fourth-order valence-corrected chi connectivity index (χ4v) is 4.70. The van der Waals surface area contributed by atoms with Crippen molar-refractivity contribution >= 4 is 33.4 Å². The van der Waals surface area contributed by atoms with Gasteiger partial charge in [0, 0.05) is 5.56 Å². The molecule has 0 radical (unpaired) electrons. The molecular formula is C22H23NO7S. The molecule has 0 fully saturated rings. The van der Waals surface area contributed by atoms with Crippen LogP contribution in [-0.4, -0.2) is 45.4 Å². The highest BCUT2D eigenvalue weighted by Crippen LogP contribution is 2.31. The molecule has 1 heterocycles. The smallest absolute Gasteiger partial charge is 0.308 e. The van der Waals surface area contributed by atoms with E-state index in [0.29, 0.717) is 4.31 Å². The molecule has 0 unspecified atom stereocenters. The summed E-state index contributed by atoms with van der Waals surface area (Å²) in [7, 11) is -4.29. The lowest BCUT2D eigenvalue weighted by molar-refractivity contribution is -0.145. The fraction of sp³-hybridized carbons (Fsp3) is 0.318. The van der Waals surface area contributed by atoms with Crippen LogP contribution in [0, 0.1) is 6.92 Å². The number of carbonyl (C=O) groups excluding carboxylic acids is 3. The molecule has 9 heteroatoms. The number of para-hydroxylation sites is 1. The van der Waals surface area contributed by atoms with Crippen molar-refractivity contribution in [3.05, 3.63) is 59.7 Å². The summed E-state index contributed by atoms with van der Waals surface area (Å²) in [6.45, 7) is 3.39. The molecule has 0 bridgehead atoms. The first-order chi connectivity index (χ1) is 14.8. The van der Waals surface area contributed by atoms with Crippen molar-refractivity contribution in [1.82, 2.24) is 0 Å². The second-order valence-electron chi connectivity index (χ2n) is 6.98. The summed E-state index contributed by atoms with van der Waals surface area (Å²) >= 11 is 0. The lowest BCUT2D eigenvalue weighted by atomic mass is 10.0. The number of fused-ring (bicyclic) bond motifs is 1. The maximum Gasteiger partial charge on any atom is 0.308 e. The molecule has 1 atom stereocenters. The van der Waals surface area contributed by atoms with E-state index in [4.69, 9.17) is 9.47 Å². The van der Waals surface area contributed by atoms with Gasteiger partial charge in [0.05, 0.1) is 36.6 Å². The number of ketones is 1. The molecule has 0 N–H and O–H groups in total. The number of rotatable bonds is 5. The molecule has 1 aliphatic rings. The molecule has 0 aliphatic carbocycles. The first-order valence-corrected chi connectivity index (χ1v) is 11.2. The molecular weight excluding hydrogens is 422 g/mol. The molecule has 1 aliphatic heterocycles. The van der Waals surface area contributed by atoms with E-state index in [1.54, 1.807) is 25.1 Å². The Balaban J connectivity index is 2.09. The van der Waals surface area contributed by atoms with Gasteiger partial charge < -0.3 is 9.47 Å². The summed E-state index contributed by atoms with van der Waals surface area (Å²) in [5.41, 5.74) is 0.765. The Morgan fingerprint density at radius 1 is 1.13 bits per heavy atom. The van der Waals surface area contributed by atoms with Crippen molar-refractivity contribution in [2.45, 2.75) is 37.7 Å². The van der Waals surface area contributed by atoms with Crippen LogP contribution in [0.1, 0.15) is 35.7 Å². The number of Topliss-reactive ketones (excluding diaryl/α,β-unsaturated/α-hetero) is 1. The van der Waals surface area contributed by atoms with Crippen LogP contribution in [-0.2, 0) is 29.1 Å². The number of amides is 1. The lowest BCUT2D eigenvalue weighted by Crippen LogP contribution is -2.38. The Hall–Kier alpha value is -3.04. The number of hydrogen-bond acceptors (Lipinski definition) is 7. The molecule has 2 aromatic carbocycles. The molecule has 31 heavy (non-hydrogen) atoms. The maximum absolute atomic E-state index is 13.4. The zero-order valence-electron chi connectivity index (χ0n) is 17.2. The number of nitrogens with zero attached hydrogens (tertiary/aromatic N) is 1. The largest absolute Gasteiger partial charge is 0.466 e. The van der Waals surface area contributed by atoms with Crippen molar-refractivity contribution in [3.8, 4) is 0 Å². The fourth-order valence-electron chi connectivity index (χ4n) is 3.23. The van der Waals surface area contributed by atoms with Gasteiger partial charge in [0.25, 0.3) is 10.0 Å². The van der Waals surface area contributed by atoms with E-state index < -0.39 is 33.8 Å². The Morgan fingerprint density at radius 3 is 2.48 bits per heavy atom. The number of esters is 1. The van der Waals surface area contributed by atoms with Crippen LogP contribution in [0.25, 0.3) is 0 Å². The summed E-state index contributed by atoms with van der Waals surface area (Å²) in [6, 6.07) is 12.0. The standard InChI is InChI=1S/C22H23NO7S/c1-3-29-21(25)14-19-22(26)17-6-4-5-7-18(17)23(20(24)12-13-30-19)31(27,28)16-10-8-15(2)9-11-16/h4-11,19H,3,12-14H2,1-2H3/t19-/m0/s1. The van der Waals surface area contributed by atoms with E-state index in [2.05, 4.69) is 0 Å². The highest BCUT2D eigenvalue weighted by molar-refractivity contribution is 7.93. The quantitative estimate of drug-likeness (QED) is 0.651. The number of carbonyl (C=O) groups is 3. The van der Waals surface area contributed by atoms with E-state index in [1.807, 2.05) is 6.92 Å². The maximum atomic E-state index is 13.4. The van der Waals surface area contributed by atoms with E-state index >= 15 is 0 Å². The summed E-state index contributed by atoms with van der Waals surface area (Å²) < 4.78 is 37.8. The van der Waals surface area contributed by atoms with Crippen LogP contribution in [0.5, 0.6) is 0 Å². The molecule has 8 nitrogen and oxygen atoms in total. The Kier molecular flexibility index (Phi) is 6.87. The van der Waals surface area contributed by atoms with Crippen LogP contribution in [0.3, 0.4) is 0 Å². The number of sulfonamides is 1. The van der Waals surface area contributed by atoms with Gasteiger partial charge in [-0.25, -0.2) is 12.7 Å². The molecule has 1 amide bonds. The van der Waals surface area contributed by atoms with Gasteiger partial charge in [-0.2, -0.15) is 0 Å². The third-order valence-electron chi connectivity index (χ3n) is 4.76. The van der Waals surface area contributed by atoms with E-state index in [1.165, 1.54) is 30.3 Å². The second kappa shape index (κ2) is 9.40. The van der Waals surface area contributed by atoms with Gasteiger partial charge in [0.1, 0.15) is 6.10 Å². The van der Waals surface area contributed by atoms with Crippen molar-refractivity contribution in [2.75, 3.05) is 17.5 Å². The van der Waals surface area contributed by atoms with Crippen LogP contribution in [0.4, 0.5) is 5.69 Å². The summed E-state index contributed by atoms with van der Waals surface area (Å²) in [5, 5.41) is 0. The lowest BCUT2D eigenvalue weighted by Gasteiger charge is -2.24. The zero-order valence-corrected chi connectivity index (χ0v) is 18.1. The topological polar surface area (TPSA) is 107 Å². The summed E-state index contributed by atoms with van der Waals surface area (Å²) in [5.74, 6) is -1.95. The van der Waals surface area contributed by atoms with Crippen molar-refractivity contribution < 1.29 is 32.3 Å². The van der Waals surface area contributed by atoms with Gasteiger partial charge in [-0.15, -0.1) is 0 Å². The number of aryl methyl sites for hydroxylation is 1. The van der Waals surface area contributed by atoms with Gasteiger partial charge in [0.2, 0.25) is 5.91 Å². The Bertz CT molecular complexity index is 1090. The highest BCUT2D eigenvalue weighted by Gasteiger charge is 2.37. The van der Waals surface area contributed by atoms with Crippen LogP contribution in [0.2, 0.25) is 0 Å². The molecule has 2 aromatic rings. The Labute approximate surface area is 180 Å². The van der Waals surface area contributed by atoms with E-state index in [-0.39, 0.29) is 42.2 Å². The normalized spacial score (nSPS) is 17.4. The van der Waals surface area contributed by atoms with Crippen molar-refractivity contribution in [3.63, 3.8) is 0 Å². The number of benzene rings is 2. The molecule has 3 rings (SSSR count). The average Bonchev–Trinajstić information content (AvgIpc) is 2.77. The minimum atomic E-state index is -4.29. The second-order valence-corrected chi connectivity index (χ2v) is 8.76. The number of ether oxygens (including phenoxy) is 2. The van der Waals surface area contributed by atoms with Crippen LogP contribution in [0.15, 0.2) is 53.4 Å². The van der Waals surface area contributed by atoms with Crippen molar-refractivity contribution in [2.24, 2.45) is 0 Å². The average molecular weight is 445 g/mol. The molecule has 0 saturated heterocycles. The van der Waals surface area contributed by atoms with Gasteiger partial charge in [-0.05, 0) is 38.1 Å². The number of hydrogen-bond donors (Lipinski definition) is 0. The molecule has 0 aromatic heterocycles. The molecule has 0 spiro atoms. The first-order valence-electron chi connectivity index (χ1n) is 9.81. The minimum Gasteiger partial charge on any atom is -0.466 e. The third kappa shape index (κ3) is 4.83. The molecule has 164 valence electrons. The van der Waals surface area contributed by atoms with Gasteiger partial charge >= 0.3 is 5.97 Å². The number of anilines is 1. The minimum absolute atomic E-state index is 0.0252. The third-order valence-corrected chi connectivity index (χ3v) is 6.51.